The number of nitrogens with zero attached hydrogens (tertiary/aromatic N) is 3. The molecule has 1 N–H and O–H groups in total. The Morgan fingerprint density at radius 2 is 2.03 bits per heavy atom. The van der Waals surface area contributed by atoms with Gasteiger partial charge in [-0.3, -0.25) is 9.59 Å². The number of carbonyl (C=O) groups is 2. The van der Waals surface area contributed by atoms with Crippen LogP contribution in [0.2, 0.25) is 0 Å². The van der Waals surface area contributed by atoms with Gasteiger partial charge in [0.2, 0.25) is 5.91 Å². The van der Waals surface area contributed by atoms with Crippen LogP contribution >= 0.6 is 0 Å². The van der Waals surface area contributed by atoms with Gasteiger partial charge in [0, 0.05) is 19.3 Å². The largest absolute Gasteiger partial charge is 0.479 e. The lowest BCUT2D eigenvalue weighted by Gasteiger charge is -2.35. The Balaban J connectivity index is 1.70. The number of amides is 2. The molecule has 1 fully saturated rings. The molecule has 1 aliphatic heterocycles. The van der Waals surface area contributed by atoms with Crippen molar-refractivity contribution in [2.75, 3.05) is 18.4 Å². The Morgan fingerprint density at radius 1 is 1.26 bits per heavy atom. The topological polar surface area (TPSA) is 95.3 Å². The number of anilines is 1. The number of hydrogen-bond acceptors (Lipinski definition) is 5. The van der Waals surface area contributed by atoms with Crippen molar-refractivity contribution in [3.63, 3.8) is 0 Å². The van der Waals surface area contributed by atoms with Crippen molar-refractivity contribution in [2.45, 2.75) is 39.7 Å². The molecule has 2 heterocycles. The van der Waals surface area contributed by atoms with Gasteiger partial charge in [-0.2, -0.15) is 5.26 Å². The van der Waals surface area contributed by atoms with Crippen molar-refractivity contribution in [1.82, 2.24) is 9.88 Å². The summed E-state index contributed by atoms with van der Waals surface area (Å²) in [6, 6.07) is 12.7. The highest BCUT2D eigenvalue weighted by molar-refractivity contribution is 5.93. The van der Waals surface area contributed by atoms with Crippen LogP contribution in [0.25, 0.3) is 0 Å². The number of nitrogens with one attached hydrogen (secondary N) is 1. The highest BCUT2D eigenvalue weighted by Crippen LogP contribution is 2.25. The number of aromatic nitrogens is 1. The molecule has 1 aliphatic rings. The second-order valence-electron chi connectivity index (χ2n) is 8.17. The van der Waals surface area contributed by atoms with Crippen molar-refractivity contribution >= 4 is 17.6 Å². The summed E-state index contributed by atoms with van der Waals surface area (Å²) >= 11 is 0. The zero-order valence-corrected chi connectivity index (χ0v) is 18.2. The van der Waals surface area contributed by atoms with Crippen LogP contribution in [0.1, 0.15) is 37.8 Å². The Kier molecular flexibility index (Phi) is 7.24. The van der Waals surface area contributed by atoms with E-state index in [1.54, 1.807) is 35.4 Å². The van der Waals surface area contributed by atoms with Crippen LogP contribution < -0.4 is 10.1 Å². The third-order valence-corrected chi connectivity index (χ3v) is 5.47. The maximum Gasteiger partial charge on any atom is 0.263 e. The molecule has 1 aromatic carbocycles. The molecule has 3 rings (SSSR count). The summed E-state index contributed by atoms with van der Waals surface area (Å²) in [5, 5.41) is 12.2. The molecule has 162 valence electrons. The molecule has 31 heavy (non-hydrogen) atoms. The molecular formula is C24H28N4O3. The van der Waals surface area contributed by atoms with Gasteiger partial charge in [-0.25, -0.2) is 4.98 Å². The molecule has 2 amide bonds. The van der Waals surface area contributed by atoms with E-state index in [0.717, 1.165) is 12.0 Å². The van der Waals surface area contributed by atoms with Crippen molar-refractivity contribution in [2.24, 2.45) is 11.8 Å². The van der Waals surface area contributed by atoms with E-state index in [0.29, 0.717) is 36.6 Å². The number of piperidine rings is 1. The van der Waals surface area contributed by atoms with E-state index < -0.39 is 6.10 Å². The maximum absolute atomic E-state index is 13.3. The van der Waals surface area contributed by atoms with Crippen LogP contribution in [0, 0.1) is 30.1 Å². The average molecular weight is 421 g/mol. The first-order valence-electron chi connectivity index (χ1n) is 10.6. The number of carbonyl (C=O) groups excluding carboxylic acids is 2. The first-order chi connectivity index (χ1) is 14.9. The Bertz CT molecular complexity index is 983. The Labute approximate surface area is 183 Å². The average Bonchev–Trinajstić information content (AvgIpc) is 2.78. The lowest BCUT2D eigenvalue weighted by Crippen LogP contribution is -2.50. The van der Waals surface area contributed by atoms with Gasteiger partial charge in [0.25, 0.3) is 5.91 Å². The second-order valence-corrected chi connectivity index (χ2v) is 8.17. The highest BCUT2D eigenvalue weighted by Gasteiger charge is 2.34. The fraction of sp³-hybridized carbons (Fsp3) is 0.417. The third-order valence-electron chi connectivity index (χ3n) is 5.47. The van der Waals surface area contributed by atoms with E-state index in [1.807, 2.05) is 32.9 Å². The van der Waals surface area contributed by atoms with Crippen LogP contribution in [-0.2, 0) is 9.59 Å². The predicted octanol–water partition coefficient (Wildman–Crippen LogP) is 3.54. The van der Waals surface area contributed by atoms with Crippen LogP contribution in [0.5, 0.6) is 5.75 Å². The van der Waals surface area contributed by atoms with Crippen molar-refractivity contribution in [1.29, 1.82) is 5.26 Å². The lowest BCUT2D eigenvalue weighted by atomic mass is 9.95. The predicted molar refractivity (Wildman–Crippen MR) is 117 cm³/mol. The van der Waals surface area contributed by atoms with Crippen molar-refractivity contribution in [3.8, 4) is 11.8 Å². The number of hydrogen-bond donors (Lipinski definition) is 1. The van der Waals surface area contributed by atoms with E-state index in [2.05, 4.69) is 16.4 Å². The smallest absolute Gasteiger partial charge is 0.263 e. The zero-order chi connectivity index (χ0) is 22.4. The van der Waals surface area contributed by atoms with Gasteiger partial charge < -0.3 is 15.0 Å². The molecule has 7 nitrogen and oxygen atoms in total. The number of benzene rings is 1. The Morgan fingerprint density at radius 3 is 2.74 bits per heavy atom. The van der Waals surface area contributed by atoms with Crippen LogP contribution in [0.3, 0.4) is 0 Å². The fourth-order valence-electron chi connectivity index (χ4n) is 3.68. The van der Waals surface area contributed by atoms with E-state index in [4.69, 9.17) is 4.74 Å². The molecule has 0 radical (unpaired) electrons. The summed E-state index contributed by atoms with van der Waals surface area (Å²) < 4.78 is 6.00. The summed E-state index contributed by atoms with van der Waals surface area (Å²) in [4.78, 5) is 32.0. The van der Waals surface area contributed by atoms with Crippen LogP contribution in [-0.4, -0.2) is 40.9 Å². The summed E-state index contributed by atoms with van der Waals surface area (Å²) in [6.07, 6.45) is 2.37. The first kappa shape index (κ1) is 22.3. The van der Waals surface area contributed by atoms with Crippen LogP contribution in [0.15, 0.2) is 42.6 Å². The number of para-hydroxylation sites is 1. The van der Waals surface area contributed by atoms with E-state index in [9.17, 15) is 14.9 Å². The van der Waals surface area contributed by atoms with Gasteiger partial charge in [-0.05, 0) is 49.4 Å². The molecule has 7 heteroatoms. The number of aryl methyl sites for hydroxylation is 1. The second kappa shape index (κ2) is 10.1. The number of ether oxygens (including phenoxy) is 1. The monoisotopic (exact) mass is 420 g/mol. The summed E-state index contributed by atoms with van der Waals surface area (Å²) in [5.41, 5.74) is 1.28. The number of rotatable bonds is 6. The molecule has 1 saturated heterocycles. The molecular weight excluding hydrogens is 392 g/mol. The zero-order valence-electron chi connectivity index (χ0n) is 18.2. The molecule has 0 spiro atoms. The molecule has 0 bridgehead atoms. The quantitative estimate of drug-likeness (QED) is 0.771. The molecule has 0 saturated carbocycles. The van der Waals surface area contributed by atoms with Gasteiger partial charge in [0.1, 0.15) is 17.6 Å². The van der Waals surface area contributed by atoms with Gasteiger partial charge >= 0.3 is 0 Å². The normalized spacial score (nSPS) is 17.0. The molecule has 2 aromatic rings. The van der Waals surface area contributed by atoms with Gasteiger partial charge in [-0.1, -0.05) is 32.0 Å². The summed E-state index contributed by atoms with van der Waals surface area (Å²) in [5.74, 6) is 0.259. The molecule has 1 aromatic heterocycles. The SMILES string of the molecule is Cc1cccnc1NC(=O)C1CCCN(C(=O)C(Oc2ccccc2C#N)C(C)C)C1. The molecule has 0 aliphatic carbocycles. The summed E-state index contributed by atoms with van der Waals surface area (Å²) in [7, 11) is 0. The van der Waals surface area contributed by atoms with E-state index in [-0.39, 0.29) is 23.7 Å². The van der Waals surface area contributed by atoms with Crippen LogP contribution in [0.4, 0.5) is 5.82 Å². The minimum absolute atomic E-state index is 0.0929. The van der Waals surface area contributed by atoms with Gasteiger partial charge in [-0.15, -0.1) is 0 Å². The minimum atomic E-state index is -0.727. The van der Waals surface area contributed by atoms with Crippen molar-refractivity contribution in [3.05, 3.63) is 53.7 Å². The van der Waals surface area contributed by atoms with E-state index in [1.165, 1.54) is 0 Å². The van der Waals surface area contributed by atoms with Gasteiger partial charge in [0.15, 0.2) is 6.10 Å². The molecule has 2 unspecified atom stereocenters. The number of likely N-dealkylation sites (tertiary alicyclic amines) is 1. The fourth-order valence-corrected chi connectivity index (χ4v) is 3.68. The standard InChI is InChI=1S/C24H28N4O3/c1-16(2)21(31-20-11-5-4-9-18(20)14-25)24(30)28-13-7-10-19(15-28)23(29)27-22-17(3)8-6-12-26-22/h4-6,8-9,11-12,16,19,21H,7,10,13,15H2,1-3H3,(H,26,27,29). The minimum Gasteiger partial charge on any atom is -0.479 e. The lowest BCUT2D eigenvalue weighted by molar-refractivity contribution is -0.143. The van der Waals surface area contributed by atoms with Gasteiger partial charge in [0.05, 0.1) is 11.5 Å². The number of nitriles is 1. The van der Waals surface area contributed by atoms with E-state index >= 15 is 0 Å². The molecule has 2 atom stereocenters. The number of pyridine rings is 1. The first-order valence-corrected chi connectivity index (χ1v) is 10.6. The highest BCUT2D eigenvalue weighted by atomic mass is 16.5. The Hall–Kier alpha value is -3.40. The maximum atomic E-state index is 13.3. The third kappa shape index (κ3) is 5.40. The van der Waals surface area contributed by atoms with Crippen molar-refractivity contribution < 1.29 is 14.3 Å². The summed E-state index contributed by atoms with van der Waals surface area (Å²) in [6.45, 7) is 6.63.